The summed E-state index contributed by atoms with van der Waals surface area (Å²) < 4.78 is 1.10. The van der Waals surface area contributed by atoms with Crippen LogP contribution in [0.5, 0.6) is 0 Å². The van der Waals surface area contributed by atoms with E-state index in [1.165, 1.54) is 5.56 Å². The minimum atomic E-state index is 0.375. The number of amidine groups is 1. The van der Waals surface area contributed by atoms with Crippen LogP contribution in [0.3, 0.4) is 0 Å². The molecule has 4 heteroatoms. The molecule has 0 radical (unpaired) electrons. The molecule has 2 N–H and O–H groups in total. The van der Waals surface area contributed by atoms with Gasteiger partial charge in [0.25, 0.3) is 0 Å². The maximum atomic E-state index is 5.75. The second-order valence-corrected chi connectivity index (χ2v) is 4.82. The number of hydrogen-bond donors (Lipinski definition) is 1. The molecule has 1 atom stereocenters. The molecule has 0 aromatic heterocycles. The van der Waals surface area contributed by atoms with E-state index in [1.54, 1.807) is 0 Å². The maximum absolute atomic E-state index is 5.75. The van der Waals surface area contributed by atoms with Gasteiger partial charge in [0.1, 0.15) is 5.84 Å². The van der Waals surface area contributed by atoms with Gasteiger partial charge in [-0.3, -0.25) is 5.01 Å². The van der Waals surface area contributed by atoms with E-state index in [0.29, 0.717) is 5.92 Å². The van der Waals surface area contributed by atoms with Crippen molar-refractivity contribution in [3.63, 3.8) is 0 Å². The number of halogens is 1. The summed E-state index contributed by atoms with van der Waals surface area (Å²) in [4.78, 5) is 0. The fourth-order valence-electron chi connectivity index (χ4n) is 1.61. The van der Waals surface area contributed by atoms with E-state index in [4.69, 9.17) is 5.73 Å². The van der Waals surface area contributed by atoms with E-state index < -0.39 is 0 Å². The zero-order valence-corrected chi connectivity index (χ0v) is 10.2. The molecular formula is C11H14BrN3. The molecule has 1 aliphatic heterocycles. The van der Waals surface area contributed by atoms with Crippen LogP contribution in [-0.4, -0.2) is 17.4 Å². The van der Waals surface area contributed by atoms with Crippen molar-refractivity contribution in [1.82, 2.24) is 5.01 Å². The number of benzene rings is 1. The first-order chi connectivity index (χ1) is 7.15. The van der Waals surface area contributed by atoms with E-state index in [2.05, 4.69) is 40.1 Å². The predicted molar refractivity (Wildman–Crippen MR) is 65.3 cm³/mol. The molecule has 80 valence electrons. The third-order valence-electron chi connectivity index (χ3n) is 2.52. The number of nitrogens with two attached hydrogens (primary N) is 1. The lowest BCUT2D eigenvalue weighted by Crippen LogP contribution is -2.20. The van der Waals surface area contributed by atoms with Crippen molar-refractivity contribution < 1.29 is 0 Å². The zero-order chi connectivity index (χ0) is 10.8. The standard InChI is InChI=1S/C11H14BrN3/c1-8-6-15(14-11(8)13)7-9-2-4-10(12)5-3-9/h2-5,8H,6-7H2,1H3,(H2,13,14). The Kier molecular flexibility index (Phi) is 2.95. The third kappa shape index (κ3) is 2.50. The minimum Gasteiger partial charge on any atom is -0.385 e. The topological polar surface area (TPSA) is 41.6 Å². The van der Waals surface area contributed by atoms with Crippen LogP contribution >= 0.6 is 15.9 Å². The molecular weight excluding hydrogens is 254 g/mol. The van der Waals surface area contributed by atoms with Gasteiger partial charge in [0.15, 0.2) is 0 Å². The van der Waals surface area contributed by atoms with Gasteiger partial charge in [-0.2, -0.15) is 5.10 Å². The van der Waals surface area contributed by atoms with E-state index in [0.717, 1.165) is 23.4 Å². The smallest absolute Gasteiger partial charge is 0.124 e. The lowest BCUT2D eigenvalue weighted by Gasteiger charge is -2.14. The molecule has 0 amide bonds. The van der Waals surface area contributed by atoms with Gasteiger partial charge in [-0.25, -0.2) is 0 Å². The molecule has 1 aromatic rings. The van der Waals surface area contributed by atoms with Gasteiger partial charge < -0.3 is 5.73 Å². The van der Waals surface area contributed by atoms with Crippen LogP contribution in [0, 0.1) is 5.92 Å². The lowest BCUT2D eigenvalue weighted by molar-refractivity contribution is 0.292. The molecule has 0 fully saturated rings. The third-order valence-corrected chi connectivity index (χ3v) is 3.05. The summed E-state index contributed by atoms with van der Waals surface area (Å²) in [5.74, 6) is 1.12. The first-order valence-electron chi connectivity index (χ1n) is 4.98. The van der Waals surface area contributed by atoms with E-state index in [1.807, 2.05) is 17.1 Å². The summed E-state index contributed by atoms with van der Waals surface area (Å²) >= 11 is 3.42. The molecule has 0 aliphatic carbocycles. The quantitative estimate of drug-likeness (QED) is 0.893. The predicted octanol–water partition coefficient (Wildman–Crippen LogP) is 2.17. The molecule has 3 nitrogen and oxygen atoms in total. The summed E-state index contributed by atoms with van der Waals surface area (Å²) in [5.41, 5.74) is 7.00. The largest absolute Gasteiger partial charge is 0.385 e. The van der Waals surface area contributed by atoms with Gasteiger partial charge in [0.05, 0.1) is 6.54 Å². The van der Waals surface area contributed by atoms with Gasteiger partial charge in [-0.15, -0.1) is 0 Å². The maximum Gasteiger partial charge on any atom is 0.124 e. The molecule has 0 saturated heterocycles. The summed E-state index contributed by atoms with van der Waals surface area (Å²) in [6, 6.07) is 8.28. The van der Waals surface area contributed by atoms with Crippen molar-refractivity contribution >= 4 is 21.8 Å². The number of rotatable bonds is 2. The Hall–Kier alpha value is -1.03. The summed E-state index contributed by atoms with van der Waals surface area (Å²) in [6.45, 7) is 3.85. The van der Waals surface area contributed by atoms with Gasteiger partial charge in [-0.1, -0.05) is 35.0 Å². The Balaban J connectivity index is 2.02. The van der Waals surface area contributed by atoms with Gasteiger partial charge in [0.2, 0.25) is 0 Å². The highest BCUT2D eigenvalue weighted by Gasteiger charge is 2.19. The fourth-order valence-corrected chi connectivity index (χ4v) is 1.88. The SMILES string of the molecule is CC1CN(Cc2ccc(Br)cc2)N=C1N. The van der Waals surface area contributed by atoms with Crippen LogP contribution in [0.4, 0.5) is 0 Å². The zero-order valence-electron chi connectivity index (χ0n) is 8.65. The number of nitrogens with zero attached hydrogens (tertiary/aromatic N) is 2. The lowest BCUT2D eigenvalue weighted by atomic mass is 10.1. The molecule has 1 heterocycles. The van der Waals surface area contributed by atoms with Gasteiger partial charge >= 0.3 is 0 Å². The van der Waals surface area contributed by atoms with Crippen LogP contribution in [0.15, 0.2) is 33.8 Å². The Morgan fingerprint density at radius 2 is 2.13 bits per heavy atom. The number of hydrazone groups is 1. The van der Waals surface area contributed by atoms with Crippen LogP contribution in [0.1, 0.15) is 12.5 Å². The van der Waals surface area contributed by atoms with Crippen LogP contribution in [0.2, 0.25) is 0 Å². The Labute approximate surface area is 98.1 Å². The minimum absolute atomic E-state index is 0.375. The summed E-state index contributed by atoms with van der Waals surface area (Å²) in [6.07, 6.45) is 0. The first kappa shape index (κ1) is 10.5. The van der Waals surface area contributed by atoms with E-state index in [9.17, 15) is 0 Å². The molecule has 0 saturated carbocycles. The van der Waals surface area contributed by atoms with E-state index >= 15 is 0 Å². The van der Waals surface area contributed by atoms with Crippen molar-refractivity contribution in [2.75, 3.05) is 6.54 Å². The average Bonchev–Trinajstić information content (AvgIpc) is 2.50. The van der Waals surface area contributed by atoms with Gasteiger partial charge in [0, 0.05) is 16.9 Å². The highest BCUT2D eigenvalue weighted by Crippen LogP contribution is 2.16. The first-order valence-corrected chi connectivity index (χ1v) is 5.78. The normalized spacial score (nSPS) is 20.5. The van der Waals surface area contributed by atoms with Crippen molar-refractivity contribution in [2.45, 2.75) is 13.5 Å². The molecule has 15 heavy (non-hydrogen) atoms. The van der Waals surface area contributed by atoms with E-state index in [-0.39, 0.29) is 0 Å². The second-order valence-electron chi connectivity index (χ2n) is 3.90. The average molecular weight is 268 g/mol. The Morgan fingerprint density at radius 3 is 2.67 bits per heavy atom. The van der Waals surface area contributed by atoms with Crippen LogP contribution in [0.25, 0.3) is 0 Å². The monoisotopic (exact) mass is 267 g/mol. The Bertz CT molecular complexity index is 372. The second kappa shape index (κ2) is 4.23. The molecule has 1 unspecified atom stereocenters. The molecule has 2 rings (SSSR count). The fraction of sp³-hybridized carbons (Fsp3) is 0.364. The molecule has 0 bridgehead atoms. The van der Waals surface area contributed by atoms with Crippen molar-refractivity contribution in [3.8, 4) is 0 Å². The molecule has 1 aromatic carbocycles. The summed E-state index contributed by atoms with van der Waals surface area (Å²) in [5, 5.41) is 6.32. The highest BCUT2D eigenvalue weighted by atomic mass is 79.9. The van der Waals surface area contributed by atoms with Crippen molar-refractivity contribution in [2.24, 2.45) is 16.8 Å². The Morgan fingerprint density at radius 1 is 1.47 bits per heavy atom. The molecule has 1 aliphatic rings. The van der Waals surface area contributed by atoms with Gasteiger partial charge in [-0.05, 0) is 17.7 Å². The van der Waals surface area contributed by atoms with Crippen LogP contribution in [-0.2, 0) is 6.54 Å². The summed E-state index contributed by atoms with van der Waals surface area (Å²) in [7, 11) is 0. The molecule has 0 spiro atoms. The van der Waals surface area contributed by atoms with Crippen molar-refractivity contribution in [1.29, 1.82) is 0 Å². The van der Waals surface area contributed by atoms with Crippen LogP contribution < -0.4 is 5.73 Å². The van der Waals surface area contributed by atoms with Crippen molar-refractivity contribution in [3.05, 3.63) is 34.3 Å². The number of hydrogen-bond acceptors (Lipinski definition) is 3. The highest BCUT2D eigenvalue weighted by molar-refractivity contribution is 9.10.